The number of aromatic nitrogens is 1. The molecule has 0 saturated carbocycles. The molecule has 8 heteroatoms. The molecular weight excluding hydrogens is 342 g/mol. The van der Waals surface area contributed by atoms with Crippen LogP contribution < -0.4 is 9.46 Å². The smallest absolute Gasteiger partial charge is 0.270 e. The lowest BCUT2D eigenvalue weighted by Crippen LogP contribution is -2.32. The van der Waals surface area contributed by atoms with Crippen molar-refractivity contribution in [1.82, 2.24) is 14.2 Å². The first-order valence-electron chi connectivity index (χ1n) is 7.79. The summed E-state index contributed by atoms with van der Waals surface area (Å²) in [5, 5.41) is 0. The third-order valence-corrected chi connectivity index (χ3v) is 5.19. The molecule has 1 heterocycles. The fourth-order valence-corrected chi connectivity index (χ4v) is 3.11. The summed E-state index contributed by atoms with van der Waals surface area (Å²) in [6.45, 7) is 2.71. The van der Waals surface area contributed by atoms with Crippen molar-refractivity contribution in [2.75, 3.05) is 27.2 Å². The van der Waals surface area contributed by atoms with Crippen LogP contribution in [0.2, 0.25) is 0 Å². The summed E-state index contributed by atoms with van der Waals surface area (Å²) in [6, 6.07) is 9.04. The molecule has 0 atom stereocenters. The van der Waals surface area contributed by atoms with Gasteiger partial charge in [-0.3, -0.25) is 4.79 Å². The van der Waals surface area contributed by atoms with Gasteiger partial charge in [-0.25, -0.2) is 13.1 Å². The Labute approximate surface area is 148 Å². The summed E-state index contributed by atoms with van der Waals surface area (Å²) in [4.78, 5) is 14.1. The number of benzene rings is 1. The second-order valence-electron chi connectivity index (χ2n) is 5.77. The second-order valence-corrected chi connectivity index (χ2v) is 7.66. The maximum atomic E-state index is 12.5. The van der Waals surface area contributed by atoms with E-state index in [9.17, 15) is 13.2 Å². The molecule has 0 spiro atoms. The molecule has 0 saturated heterocycles. The van der Waals surface area contributed by atoms with Crippen molar-refractivity contribution in [2.45, 2.75) is 11.8 Å². The molecule has 0 aliphatic carbocycles. The molecule has 2 aromatic rings. The van der Waals surface area contributed by atoms with Crippen molar-refractivity contribution in [3.63, 3.8) is 0 Å². The summed E-state index contributed by atoms with van der Waals surface area (Å²) in [6.07, 6.45) is 1.41. The Morgan fingerprint density at radius 2 is 2.04 bits per heavy atom. The van der Waals surface area contributed by atoms with E-state index in [1.807, 2.05) is 31.2 Å². The topological polar surface area (TPSA) is 80.6 Å². The summed E-state index contributed by atoms with van der Waals surface area (Å²) >= 11 is 0. The number of likely N-dealkylation sites (N-methyl/N-ethyl adjacent to an activating group) is 1. The van der Waals surface area contributed by atoms with Gasteiger partial charge < -0.3 is 14.2 Å². The van der Waals surface area contributed by atoms with Crippen LogP contribution in [0, 0.1) is 6.92 Å². The molecule has 0 aliphatic heterocycles. The minimum absolute atomic E-state index is 0.0604. The average molecular weight is 365 g/mol. The second kappa shape index (κ2) is 7.71. The number of hydrogen-bond acceptors (Lipinski definition) is 4. The zero-order valence-electron chi connectivity index (χ0n) is 14.8. The number of carbonyl (C=O) groups is 1. The van der Waals surface area contributed by atoms with Crippen LogP contribution in [0.15, 0.2) is 41.4 Å². The predicted octanol–water partition coefficient (Wildman–Crippen LogP) is 1.39. The van der Waals surface area contributed by atoms with Gasteiger partial charge in [-0.2, -0.15) is 0 Å². The summed E-state index contributed by atoms with van der Waals surface area (Å²) in [5.41, 5.74) is 1.40. The van der Waals surface area contributed by atoms with Gasteiger partial charge in [0.1, 0.15) is 22.9 Å². The van der Waals surface area contributed by atoms with Gasteiger partial charge in [0.25, 0.3) is 5.91 Å². The number of sulfonamides is 1. The molecule has 25 heavy (non-hydrogen) atoms. The molecule has 0 aliphatic rings. The van der Waals surface area contributed by atoms with Gasteiger partial charge in [0.2, 0.25) is 10.0 Å². The van der Waals surface area contributed by atoms with Gasteiger partial charge in [0, 0.05) is 20.3 Å². The summed E-state index contributed by atoms with van der Waals surface area (Å²) < 4.78 is 33.1. The van der Waals surface area contributed by atoms with E-state index in [0.29, 0.717) is 18.8 Å². The van der Waals surface area contributed by atoms with Crippen LogP contribution in [-0.4, -0.2) is 51.0 Å². The SMILES string of the molecule is CNS(=O)(=O)c1cc(C(=O)N(C)CCOc2cccc(C)c2)n(C)c1. The van der Waals surface area contributed by atoms with E-state index in [-0.39, 0.29) is 10.8 Å². The van der Waals surface area contributed by atoms with Gasteiger partial charge >= 0.3 is 0 Å². The van der Waals surface area contributed by atoms with E-state index in [1.165, 1.54) is 28.8 Å². The van der Waals surface area contributed by atoms with Crippen LogP contribution in [0.1, 0.15) is 16.1 Å². The lowest BCUT2D eigenvalue weighted by Gasteiger charge is -2.18. The lowest BCUT2D eigenvalue weighted by atomic mass is 10.2. The maximum Gasteiger partial charge on any atom is 0.270 e. The fraction of sp³-hybridized carbons (Fsp3) is 0.353. The first-order valence-corrected chi connectivity index (χ1v) is 9.28. The Morgan fingerprint density at radius 1 is 1.32 bits per heavy atom. The van der Waals surface area contributed by atoms with Gasteiger partial charge in [0.05, 0.1) is 6.54 Å². The Morgan fingerprint density at radius 3 is 2.68 bits per heavy atom. The van der Waals surface area contributed by atoms with Crippen molar-refractivity contribution >= 4 is 15.9 Å². The monoisotopic (exact) mass is 365 g/mol. The van der Waals surface area contributed by atoms with Gasteiger partial charge in [0.15, 0.2) is 0 Å². The molecule has 1 N–H and O–H groups in total. The van der Waals surface area contributed by atoms with E-state index < -0.39 is 10.0 Å². The van der Waals surface area contributed by atoms with Crippen LogP contribution in [0.25, 0.3) is 0 Å². The number of hydrogen-bond donors (Lipinski definition) is 1. The van der Waals surface area contributed by atoms with Gasteiger partial charge in [-0.15, -0.1) is 0 Å². The first kappa shape index (κ1) is 19.0. The molecule has 7 nitrogen and oxygen atoms in total. The minimum atomic E-state index is -3.58. The van der Waals surface area contributed by atoms with Gasteiger partial charge in [-0.05, 0) is 37.7 Å². The Hall–Kier alpha value is -2.32. The van der Waals surface area contributed by atoms with Crippen molar-refractivity contribution < 1.29 is 17.9 Å². The van der Waals surface area contributed by atoms with E-state index in [0.717, 1.165) is 11.3 Å². The number of amides is 1. The number of aryl methyl sites for hydroxylation is 2. The lowest BCUT2D eigenvalue weighted by molar-refractivity contribution is 0.0764. The van der Waals surface area contributed by atoms with Crippen LogP contribution >= 0.6 is 0 Å². The Balaban J connectivity index is 2.00. The molecule has 1 amide bonds. The predicted molar refractivity (Wildman–Crippen MR) is 95.3 cm³/mol. The molecule has 0 fully saturated rings. The molecule has 0 radical (unpaired) electrons. The third-order valence-electron chi connectivity index (χ3n) is 3.81. The zero-order valence-corrected chi connectivity index (χ0v) is 15.6. The molecule has 0 bridgehead atoms. The molecule has 0 unspecified atom stereocenters. The highest BCUT2D eigenvalue weighted by Gasteiger charge is 2.21. The van der Waals surface area contributed by atoms with Crippen LogP contribution in [-0.2, 0) is 17.1 Å². The number of carbonyl (C=O) groups excluding carboxylic acids is 1. The van der Waals surface area contributed by atoms with Crippen molar-refractivity contribution in [3.8, 4) is 5.75 Å². The van der Waals surface area contributed by atoms with E-state index in [2.05, 4.69) is 4.72 Å². The molecular formula is C17H23N3O4S. The average Bonchev–Trinajstić information content (AvgIpc) is 2.96. The van der Waals surface area contributed by atoms with Crippen LogP contribution in [0.3, 0.4) is 0 Å². The summed E-state index contributed by atoms with van der Waals surface area (Å²) in [5.74, 6) is 0.481. The van der Waals surface area contributed by atoms with Crippen LogP contribution in [0.4, 0.5) is 0 Å². The van der Waals surface area contributed by atoms with Crippen molar-refractivity contribution in [1.29, 1.82) is 0 Å². The quantitative estimate of drug-likeness (QED) is 0.804. The first-order chi connectivity index (χ1) is 11.7. The van der Waals surface area contributed by atoms with E-state index in [1.54, 1.807) is 14.1 Å². The van der Waals surface area contributed by atoms with Crippen molar-refractivity contribution in [3.05, 3.63) is 47.8 Å². The van der Waals surface area contributed by atoms with Crippen molar-refractivity contribution in [2.24, 2.45) is 7.05 Å². The molecule has 136 valence electrons. The largest absolute Gasteiger partial charge is 0.492 e. The third kappa shape index (κ3) is 4.61. The minimum Gasteiger partial charge on any atom is -0.492 e. The summed E-state index contributed by atoms with van der Waals surface area (Å²) in [7, 11) is 1.04. The molecule has 2 rings (SSSR count). The fourth-order valence-electron chi connectivity index (χ4n) is 2.31. The highest BCUT2D eigenvalue weighted by atomic mass is 32.2. The maximum absolute atomic E-state index is 12.5. The van der Waals surface area contributed by atoms with E-state index in [4.69, 9.17) is 4.74 Å². The van der Waals surface area contributed by atoms with Gasteiger partial charge in [-0.1, -0.05) is 12.1 Å². The number of nitrogens with one attached hydrogen (secondary N) is 1. The Kier molecular flexibility index (Phi) is 5.86. The number of ether oxygens (including phenoxy) is 1. The standard InChI is InChI=1S/C17H23N3O4S/c1-13-6-5-7-14(10-13)24-9-8-19(3)17(21)16-11-15(12-20(16)4)25(22,23)18-2/h5-7,10-12,18H,8-9H2,1-4H3. The van der Waals surface area contributed by atoms with Crippen LogP contribution in [0.5, 0.6) is 5.75 Å². The van der Waals surface area contributed by atoms with E-state index >= 15 is 0 Å². The number of nitrogens with zero attached hydrogens (tertiary/aromatic N) is 2. The zero-order chi connectivity index (χ0) is 18.6. The number of rotatable bonds is 7. The molecule has 1 aromatic carbocycles. The molecule has 1 aromatic heterocycles. The normalized spacial score (nSPS) is 11.4. The highest BCUT2D eigenvalue weighted by Crippen LogP contribution is 2.15. The Bertz CT molecular complexity index is 859. The highest BCUT2D eigenvalue weighted by molar-refractivity contribution is 7.89.